The molecule has 2 fully saturated rings. The number of benzene rings is 1. The summed E-state index contributed by atoms with van der Waals surface area (Å²) in [5.74, 6) is 3.15. The van der Waals surface area contributed by atoms with Gasteiger partial charge in [0.15, 0.2) is 11.5 Å². The van der Waals surface area contributed by atoms with Crippen LogP contribution in [0.1, 0.15) is 56.4 Å². The van der Waals surface area contributed by atoms with Crippen molar-refractivity contribution in [2.75, 3.05) is 14.2 Å². The number of hydrogen-bond acceptors (Lipinski definition) is 4. The number of rotatable bonds is 6. The lowest BCUT2D eigenvalue weighted by Gasteiger charge is -2.19. The highest BCUT2D eigenvalue weighted by Gasteiger charge is 2.39. The van der Waals surface area contributed by atoms with E-state index in [1.807, 2.05) is 6.07 Å². The van der Waals surface area contributed by atoms with E-state index >= 15 is 0 Å². The number of fused-ring (bicyclic) bond motifs is 1. The first-order valence-corrected chi connectivity index (χ1v) is 10.1. The zero-order chi connectivity index (χ0) is 18.8. The van der Waals surface area contributed by atoms with E-state index in [-0.39, 0.29) is 5.91 Å². The fourth-order valence-electron chi connectivity index (χ4n) is 5.03. The Morgan fingerprint density at radius 1 is 1.11 bits per heavy atom. The summed E-state index contributed by atoms with van der Waals surface area (Å²) in [5.41, 5.74) is 4.63. The standard InChI is InChI=1S/C22H29NO4/c1-25-20-8-7-14(13-21(20)27-19-5-3-4-6-19)15-9-16-11-18(12-17(16)10-15)22(24)23-26-2/h7-8,11,13,15-17,19H,3-6,9-10,12H2,1-2H3,(H,23,24)/t15-,16+,17-/m0/s1. The van der Waals surface area contributed by atoms with E-state index in [2.05, 4.69) is 23.7 Å². The molecule has 2 saturated carbocycles. The smallest absolute Gasteiger partial charge is 0.270 e. The lowest BCUT2D eigenvalue weighted by Crippen LogP contribution is -2.23. The van der Waals surface area contributed by atoms with Crippen molar-refractivity contribution in [1.82, 2.24) is 5.48 Å². The number of carbonyl (C=O) groups is 1. The molecule has 0 aliphatic heterocycles. The third-order valence-corrected chi connectivity index (χ3v) is 6.39. The van der Waals surface area contributed by atoms with E-state index in [0.717, 1.165) is 49.2 Å². The van der Waals surface area contributed by atoms with Crippen LogP contribution in [0.5, 0.6) is 11.5 Å². The topological polar surface area (TPSA) is 56.8 Å². The van der Waals surface area contributed by atoms with Crippen molar-refractivity contribution in [3.8, 4) is 11.5 Å². The average molecular weight is 371 g/mol. The van der Waals surface area contributed by atoms with E-state index in [9.17, 15) is 4.79 Å². The first-order valence-electron chi connectivity index (χ1n) is 10.1. The summed E-state index contributed by atoms with van der Waals surface area (Å²) < 4.78 is 11.8. The Balaban J connectivity index is 1.46. The van der Waals surface area contributed by atoms with Crippen molar-refractivity contribution in [2.45, 2.75) is 57.0 Å². The van der Waals surface area contributed by atoms with Crippen LogP contribution in [-0.2, 0) is 9.63 Å². The highest BCUT2D eigenvalue weighted by molar-refractivity contribution is 5.93. The van der Waals surface area contributed by atoms with Gasteiger partial charge in [-0.2, -0.15) is 0 Å². The fraction of sp³-hybridized carbons (Fsp3) is 0.591. The Bertz CT molecular complexity index is 723. The number of hydrogen-bond donors (Lipinski definition) is 1. The summed E-state index contributed by atoms with van der Waals surface area (Å²) in [4.78, 5) is 16.7. The molecule has 0 bridgehead atoms. The van der Waals surface area contributed by atoms with Gasteiger partial charge in [-0.15, -0.1) is 0 Å². The Morgan fingerprint density at radius 2 is 1.93 bits per heavy atom. The molecule has 3 aliphatic rings. The van der Waals surface area contributed by atoms with E-state index < -0.39 is 0 Å². The van der Waals surface area contributed by atoms with Gasteiger partial charge in [-0.1, -0.05) is 12.1 Å². The van der Waals surface area contributed by atoms with Crippen LogP contribution in [0.4, 0.5) is 0 Å². The van der Waals surface area contributed by atoms with Crippen molar-refractivity contribution in [1.29, 1.82) is 0 Å². The normalized spacial score (nSPS) is 27.3. The maximum Gasteiger partial charge on any atom is 0.270 e. The Labute approximate surface area is 161 Å². The third-order valence-electron chi connectivity index (χ3n) is 6.39. The van der Waals surface area contributed by atoms with Gasteiger partial charge in [0.1, 0.15) is 0 Å². The van der Waals surface area contributed by atoms with Gasteiger partial charge in [-0.3, -0.25) is 9.63 Å². The van der Waals surface area contributed by atoms with E-state index in [0.29, 0.717) is 23.9 Å². The van der Waals surface area contributed by atoms with Gasteiger partial charge >= 0.3 is 0 Å². The molecule has 0 radical (unpaired) electrons. The molecule has 0 heterocycles. The summed E-state index contributed by atoms with van der Waals surface area (Å²) in [6.45, 7) is 0. The lowest BCUT2D eigenvalue weighted by atomic mass is 9.94. The molecule has 1 aromatic rings. The minimum absolute atomic E-state index is 0.0971. The summed E-state index contributed by atoms with van der Waals surface area (Å²) >= 11 is 0. The predicted octanol–water partition coefficient (Wildman–Crippen LogP) is 4.13. The van der Waals surface area contributed by atoms with Gasteiger partial charge in [0.2, 0.25) is 0 Å². The minimum atomic E-state index is -0.0971. The van der Waals surface area contributed by atoms with Gasteiger partial charge in [0.05, 0.1) is 20.3 Å². The first kappa shape index (κ1) is 18.4. The summed E-state index contributed by atoms with van der Waals surface area (Å²) in [5, 5.41) is 0. The predicted molar refractivity (Wildman–Crippen MR) is 103 cm³/mol. The average Bonchev–Trinajstić information content (AvgIpc) is 3.38. The molecule has 1 aromatic carbocycles. The molecule has 5 nitrogen and oxygen atoms in total. The third kappa shape index (κ3) is 3.84. The van der Waals surface area contributed by atoms with E-state index in [1.54, 1.807) is 7.11 Å². The van der Waals surface area contributed by atoms with Crippen LogP contribution in [0.2, 0.25) is 0 Å². The molecule has 1 N–H and O–H groups in total. The second-order valence-corrected chi connectivity index (χ2v) is 8.06. The van der Waals surface area contributed by atoms with Crippen LogP contribution in [0.3, 0.4) is 0 Å². The van der Waals surface area contributed by atoms with Crippen LogP contribution in [0.25, 0.3) is 0 Å². The highest BCUT2D eigenvalue weighted by atomic mass is 16.6. The molecule has 146 valence electrons. The minimum Gasteiger partial charge on any atom is -0.493 e. The van der Waals surface area contributed by atoms with Gasteiger partial charge < -0.3 is 9.47 Å². The first-order chi connectivity index (χ1) is 13.2. The number of allylic oxidation sites excluding steroid dienone is 1. The fourth-order valence-corrected chi connectivity index (χ4v) is 5.03. The Morgan fingerprint density at radius 3 is 2.63 bits per heavy atom. The summed E-state index contributed by atoms with van der Waals surface area (Å²) in [6, 6.07) is 6.40. The summed E-state index contributed by atoms with van der Waals surface area (Å²) in [7, 11) is 3.17. The largest absolute Gasteiger partial charge is 0.493 e. The monoisotopic (exact) mass is 371 g/mol. The number of nitrogens with one attached hydrogen (secondary N) is 1. The zero-order valence-electron chi connectivity index (χ0n) is 16.2. The number of amides is 1. The van der Waals surface area contributed by atoms with Gasteiger partial charge in [0.25, 0.3) is 5.91 Å². The molecule has 4 rings (SSSR count). The molecule has 0 aromatic heterocycles. The lowest BCUT2D eigenvalue weighted by molar-refractivity contribution is -0.127. The molecule has 1 amide bonds. The van der Waals surface area contributed by atoms with Crippen LogP contribution >= 0.6 is 0 Å². The van der Waals surface area contributed by atoms with Gasteiger partial charge in [-0.25, -0.2) is 5.48 Å². The zero-order valence-corrected chi connectivity index (χ0v) is 16.2. The van der Waals surface area contributed by atoms with E-state index in [1.165, 1.54) is 25.5 Å². The SMILES string of the molecule is CONC(=O)C1=C[C@H]2C[C@H](c3ccc(OC)c(OC4CCCC4)c3)C[C@H]2C1. The van der Waals surface area contributed by atoms with Crippen molar-refractivity contribution >= 4 is 5.91 Å². The Hall–Kier alpha value is -2.01. The molecule has 0 spiro atoms. The van der Waals surface area contributed by atoms with Gasteiger partial charge in [-0.05, 0) is 80.4 Å². The summed E-state index contributed by atoms with van der Waals surface area (Å²) in [6.07, 6.45) is 10.3. The van der Waals surface area contributed by atoms with Crippen molar-refractivity contribution in [2.24, 2.45) is 11.8 Å². The molecule has 3 aliphatic carbocycles. The van der Waals surface area contributed by atoms with E-state index in [4.69, 9.17) is 14.3 Å². The molecular formula is C22H29NO4. The maximum atomic E-state index is 12.0. The second kappa shape index (κ2) is 7.93. The molecule has 5 heteroatoms. The van der Waals surface area contributed by atoms with Crippen LogP contribution in [0, 0.1) is 11.8 Å². The number of ether oxygens (including phenoxy) is 2. The number of methoxy groups -OCH3 is 1. The molecule has 27 heavy (non-hydrogen) atoms. The highest BCUT2D eigenvalue weighted by Crippen LogP contribution is 2.50. The van der Waals surface area contributed by atoms with Crippen LogP contribution in [0.15, 0.2) is 29.8 Å². The molecular weight excluding hydrogens is 342 g/mol. The number of hydroxylamine groups is 1. The molecule has 3 atom stereocenters. The van der Waals surface area contributed by atoms with Gasteiger partial charge in [0, 0.05) is 5.57 Å². The van der Waals surface area contributed by atoms with Crippen LogP contribution in [-0.4, -0.2) is 26.2 Å². The molecule has 0 unspecified atom stereocenters. The van der Waals surface area contributed by atoms with Crippen molar-refractivity contribution in [3.63, 3.8) is 0 Å². The Kier molecular flexibility index (Phi) is 5.39. The van der Waals surface area contributed by atoms with Crippen molar-refractivity contribution < 1.29 is 19.1 Å². The van der Waals surface area contributed by atoms with Crippen LogP contribution < -0.4 is 15.0 Å². The van der Waals surface area contributed by atoms with Crippen molar-refractivity contribution in [3.05, 3.63) is 35.4 Å². The molecule has 0 saturated heterocycles. The quantitative estimate of drug-likeness (QED) is 0.764. The maximum absolute atomic E-state index is 12.0. The number of carbonyl (C=O) groups excluding carboxylic acids is 1. The second-order valence-electron chi connectivity index (χ2n) is 8.06.